The molecule has 0 spiro atoms. The highest BCUT2D eigenvalue weighted by Crippen LogP contribution is 2.26. The molecule has 5 amide bonds. The minimum Gasteiger partial charge on any atom is -0.456 e. The second-order valence-corrected chi connectivity index (χ2v) is 17.6. The van der Waals surface area contributed by atoms with Crippen LogP contribution in [-0.4, -0.2) is 127 Å². The van der Waals surface area contributed by atoms with E-state index in [1.165, 1.54) is 49.5 Å². The summed E-state index contributed by atoms with van der Waals surface area (Å²) in [6.07, 6.45) is 3.83. The maximum atomic E-state index is 14.2. The summed E-state index contributed by atoms with van der Waals surface area (Å²) < 4.78 is 18.1. The summed E-state index contributed by atoms with van der Waals surface area (Å²) in [4.78, 5) is 99.0. The molecular formula is C46H71N5O10S. The largest absolute Gasteiger partial charge is 0.456 e. The Morgan fingerprint density at radius 1 is 0.919 bits per heavy atom. The number of esters is 2. The van der Waals surface area contributed by atoms with Crippen molar-refractivity contribution in [1.82, 2.24) is 25.8 Å². The smallest absolute Gasteiger partial charge is 0.334 e. The van der Waals surface area contributed by atoms with E-state index < -0.39 is 96.4 Å². The summed E-state index contributed by atoms with van der Waals surface area (Å²) in [5, 5.41) is 8.17. The minimum atomic E-state index is -1.23. The van der Waals surface area contributed by atoms with Crippen molar-refractivity contribution in [2.45, 2.75) is 137 Å². The number of amides is 5. The monoisotopic (exact) mass is 885 g/mol. The molecule has 0 radical (unpaired) electrons. The van der Waals surface area contributed by atoms with Crippen LogP contribution in [-0.2, 0) is 54.2 Å². The van der Waals surface area contributed by atoms with Crippen LogP contribution in [0, 0.1) is 17.8 Å². The summed E-state index contributed by atoms with van der Waals surface area (Å²) in [5.74, 6) is -5.02. The fourth-order valence-corrected chi connectivity index (χ4v) is 7.22. The summed E-state index contributed by atoms with van der Waals surface area (Å²) >= 11 is 1.46. The number of nitrogens with one attached hydrogen (secondary N) is 3. The maximum Gasteiger partial charge on any atom is 0.334 e. The van der Waals surface area contributed by atoms with Crippen LogP contribution in [0.15, 0.2) is 53.6 Å². The van der Waals surface area contributed by atoms with Crippen molar-refractivity contribution in [2.75, 3.05) is 32.8 Å². The molecule has 0 fully saturated rings. The van der Waals surface area contributed by atoms with E-state index in [4.69, 9.17) is 14.2 Å². The number of benzene rings is 1. The van der Waals surface area contributed by atoms with Crippen molar-refractivity contribution in [2.24, 2.45) is 17.8 Å². The van der Waals surface area contributed by atoms with E-state index in [-0.39, 0.29) is 36.7 Å². The zero-order chi connectivity index (χ0) is 46.8. The van der Waals surface area contributed by atoms with E-state index in [1.807, 2.05) is 72.1 Å². The lowest BCUT2D eigenvalue weighted by Gasteiger charge is -2.33. The summed E-state index contributed by atoms with van der Waals surface area (Å²) in [7, 11) is 2.88. The van der Waals surface area contributed by atoms with Crippen LogP contribution >= 0.6 is 11.8 Å². The van der Waals surface area contributed by atoms with Gasteiger partial charge in [0.2, 0.25) is 23.6 Å². The van der Waals surface area contributed by atoms with Crippen molar-refractivity contribution in [3.8, 4) is 0 Å². The number of nitrogens with zero attached hydrogens (tertiary/aromatic N) is 2. The second-order valence-electron chi connectivity index (χ2n) is 16.7. The predicted molar refractivity (Wildman–Crippen MR) is 240 cm³/mol. The fraction of sp³-hybridized carbons (Fsp3) is 0.630. The first-order valence-electron chi connectivity index (χ1n) is 21.4. The molecule has 0 aliphatic carbocycles. The molecule has 1 heterocycles. The van der Waals surface area contributed by atoms with Gasteiger partial charge in [0.05, 0.1) is 18.6 Å². The van der Waals surface area contributed by atoms with Crippen LogP contribution in [0.3, 0.4) is 0 Å². The zero-order valence-corrected chi connectivity index (χ0v) is 39.8. The molecule has 0 bridgehead atoms. The number of thioether (sulfide) groups is 1. The van der Waals surface area contributed by atoms with Gasteiger partial charge in [-0.3, -0.25) is 24.0 Å². The van der Waals surface area contributed by atoms with Crippen LogP contribution in [0.4, 0.5) is 0 Å². The van der Waals surface area contributed by atoms with Crippen LogP contribution in [0.5, 0.6) is 0 Å². The van der Waals surface area contributed by atoms with E-state index >= 15 is 0 Å². The van der Waals surface area contributed by atoms with Crippen LogP contribution in [0.25, 0.3) is 0 Å². The third-order valence-corrected chi connectivity index (χ3v) is 11.6. The molecule has 0 aromatic heterocycles. The van der Waals surface area contributed by atoms with Gasteiger partial charge in [-0.15, -0.1) is 11.8 Å². The highest BCUT2D eigenvalue weighted by atomic mass is 32.2. The number of carbonyl (C=O) groups excluding carboxylic acids is 7. The van der Waals surface area contributed by atoms with Crippen LogP contribution in [0.2, 0.25) is 0 Å². The number of hydrogen-bond acceptors (Lipinski definition) is 11. The Balaban J connectivity index is 2.68. The van der Waals surface area contributed by atoms with Crippen molar-refractivity contribution < 1.29 is 47.8 Å². The normalized spacial score (nSPS) is 28.0. The molecule has 9 atom stereocenters. The summed E-state index contributed by atoms with van der Waals surface area (Å²) in [6, 6.07) is 4.65. The zero-order valence-electron chi connectivity index (χ0n) is 38.9. The molecule has 2 rings (SSSR count). The standard InChI is InChI=1S/C46H71N5O10S/c1-14-28(5)39-42(54)48-33(10)46(58)61-40(29(6)15-2)31(8)36(59-26-62-13)22-21-30(7)45(57)60-37(23-27(3)4)41(53)47-32(9)43(55)51(12)35(24-34-19-17-16-18-20-34)44(56)50(11)25-38(52)49-39/h15-21,27-28,31-33,35-37,39-40H,14,22-26H2,1-13H3,(H,47,53)(H,48,54)(H,49,52)/b29-15+,30-21+/t28-,31-,32-,33+,35?,36-,37?,39-,40+/m0/s1. The van der Waals surface area contributed by atoms with Gasteiger partial charge in [-0.1, -0.05) is 83.5 Å². The van der Waals surface area contributed by atoms with E-state index in [0.717, 1.165) is 11.1 Å². The van der Waals surface area contributed by atoms with Gasteiger partial charge >= 0.3 is 11.9 Å². The number of rotatable bonds is 10. The SMILES string of the molecule is C/C=C(\C)[C@H]1OC(=O)[C@@H](C)NC(=O)[C@H]([C@@H](C)CC)NC(=O)CN(C)C(=O)C(Cc2ccccc2)N(C)C(=O)[C@H](C)NC(=O)C(CC(C)C)OC(=O)/C(C)=C/C[C@H](OCSC)[C@@H]1C. The highest BCUT2D eigenvalue weighted by molar-refractivity contribution is 7.98. The van der Waals surface area contributed by atoms with E-state index in [2.05, 4.69) is 16.0 Å². The van der Waals surface area contributed by atoms with Gasteiger partial charge in [-0.2, -0.15) is 0 Å². The maximum absolute atomic E-state index is 14.2. The topological polar surface area (TPSA) is 190 Å². The molecule has 346 valence electrons. The Kier molecular flexibility index (Phi) is 22.5. The first-order valence-corrected chi connectivity index (χ1v) is 22.8. The Morgan fingerprint density at radius 3 is 2.13 bits per heavy atom. The third-order valence-electron chi connectivity index (χ3n) is 11.2. The molecule has 0 saturated heterocycles. The van der Waals surface area contributed by atoms with Gasteiger partial charge in [0.25, 0.3) is 5.91 Å². The number of carbonyl (C=O) groups is 7. The number of likely N-dealkylation sites (N-methyl/N-ethyl adjacent to an activating group) is 2. The quantitative estimate of drug-likeness (QED) is 0.170. The lowest BCUT2D eigenvalue weighted by atomic mass is 9.90. The van der Waals surface area contributed by atoms with Gasteiger partial charge in [-0.25, -0.2) is 9.59 Å². The Morgan fingerprint density at radius 2 is 1.55 bits per heavy atom. The van der Waals surface area contributed by atoms with Gasteiger partial charge < -0.3 is 40.0 Å². The van der Waals surface area contributed by atoms with E-state index in [0.29, 0.717) is 12.4 Å². The lowest BCUT2D eigenvalue weighted by Crippen LogP contribution is -2.57. The van der Waals surface area contributed by atoms with Gasteiger partial charge in [0.15, 0.2) is 6.10 Å². The summed E-state index contributed by atoms with van der Waals surface area (Å²) in [5.41, 5.74) is 1.71. The van der Waals surface area contributed by atoms with Crippen molar-refractivity contribution in [3.63, 3.8) is 0 Å². The number of allylic oxidation sites excluding steroid dienone is 1. The highest BCUT2D eigenvalue weighted by Gasteiger charge is 2.37. The van der Waals surface area contributed by atoms with Crippen molar-refractivity contribution >= 4 is 53.2 Å². The van der Waals surface area contributed by atoms with Gasteiger partial charge in [-0.05, 0) is 76.7 Å². The van der Waals surface area contributed by atoms with Crippen molar-refractivity contribution in [3.05, 3.63) is 59.2 Å². The van der Waals surface area contributed by atoms with E-state index in [9.17, 15) is 33.6 Å². The molecule has 1 aromatic rings. The molecule has 62 heavy (non-hydrogen) atoms. The first kappa shape index (κ1) is 53.4. The Labute approximate surface area is 372 Å². The Hall–Kier alpha value is -4.70. The van der Waals surface area contributed by atoms with Gasteiger partial charge in [0, 0.05) is 32.0 Å². The molecule has 1 aromatic carbocycles. The van der Waals surface area contributed by atoms with Crippen LogP contribution < -0.4 is 16.0 Å². The molecule has 0 saturated carbocycles. The Bertz CT molecular complexity index is 1750. The second kappa shape index (κ2) is 26.0. The molecule has 2 unspecified atom stereocenters. The number of hydrogen-bond donors (Lipinski definition) is 3. The first-order chi connectivity index (χ1) is 29.2. The number of ether oxygens (including phenoxy) is 3. The van der Waals surface area contributed by atoms with E-state index in [1.54, 1.807) is 32.1 Å². The minimum absolute atomic E-state index is 0.0614. The summed E-state index contributed by atoms with van der Waals surface area (Å²) in [6.45, 7) is 17.1. The number of cyclic esters (lactones) is 2. The molecule has 1 aliphatic heterocycles. The average molecular weight is 886 g/mol. The predicted octanol–water partition coefficient (Wildman–Crippen LogP) is 4.58. The van der Waals surface area contributed by atoms with Gasteiger partial charge in [0.1, 0.15) is 30.3 Å². The lowest BCUT2D eigenvalue weighted by molar-refractivity contribution is -0.155. The average Bonchev–Trinajstić information content (AvgIpc) is 3.24. The fourth-order valence-electron chi connectivity index (χ4n) is 6.91. The molecule has 16 heteroatoms. The third kappa shape index (κ3) is 16.2. The molecular weight excluding hydrogens is 815 g/mol. The molecule has 15 nitrogen and oxygen atoms in total. The molecule has 1 aliphatic rings. The van der Waals surface area contributed by atoms with Crippen LogP contribution in [0.1, 0.15) is 94.1 Å². The molecule has 3 N–H and O–H groups in total. The van der Waals surface area contributed by atoms with Crippen molar-refractivity contribution in [1.29, 1.82) is 0 Å².